The molecule has 1 atom stereocenters. The molecule has 0 fully saturated rings. The number of ether oxygens (including phenoxy) is 2. The van der Waals surface area contributed by atoms with Gasteiger partial charge < -0.3 is 14.3 Å². The highest BCUT2D eigenvalue weighted by molar-refractivity contribution is 9.10. The minimum Gasteiger partial charge on any atom is -0.465 e. The van der Waals surface area contributed by atoms with E-state index < -0.39 is 17.4 Å². The molecule has 5 nitrogen and oxygen atoms in total. The molecule has 0 spiro atoms. The molecule has 0 aromatic heterocycles. The van der Waals surface area contributed by atoms with Gasteiger partial charge in [-0.15, -0.1) is 0 Å². The van der Waals surface area contributed by atoms with Gasteiger partial charge in [-0.25, -0.2) is 4.79 Å². The first kappa shape index (κ1) is 16.4. The molecule has 0 amide bonds. The number of hydrogen-bond acceptors (Lipinski definition) is 5. The molecule has 20 heavy (non-hydrogen) atoms. The van der Waals surface area contributed by atoms with E-state index in [1.165, 1.54) is 6.92 Å². The van der Waals surface area contributed by atoms with E-state index in [-0.39, 0.29) is 13.2 Å². The zero-order valence-corrected chi connectivity index (χ0v) is 12.8. The van der Waals surface area contributed by atoms with Gasteiger partial charge in [0.2, 0.25) is 0 Å². The maximum absolute atomic E-state index is 11.8. The van der Waals surface area contributed by atoms with E-state index in [9.17, 15) is 14.4 Å². The van der Waals surface area contributed by atoms with E-state index in [4.69, 9.17) is 9.47 Å². The van der Waals surface area contributed by atoms with Crippen molar-refractivity contribution in [3.8, 4) is 0 Å². The van der Waals surface area contributed by atoms with Gasteiger partial charge in [0.25, 0.3) is 0 Å². The summed E-state index contributed by atoms with van der Waals surface area (Å²) >= 11 is 3.25. The van der Waals surface area contributed by atoms with E-state index in [2.05, 4.69) is 15.9 Å². The van der Waals surface area contributed by atoms with Gasteiger partial charge in [-0.05, 0) is 38.1 Å². The summed E-state index contributed by atoms with van der Waals surface area (Å²) in [5.74, 6) is -1.31. The lowest BCUT2D eigenvalue weighted by molar-refractivity contribution is -0.158. The third-order valence-electron chi connectivity index (χ3n) is 2.58. The zero-order chi connectivity index (χ0) is 15.2. The molecule has 0 saturated carbocycles. The Balaban J connectivity index is 2.69. The van der Waals surface area contributed by atoms with Crippen molar-refractivity contribution in [1.82, 2.24) is 0 Å². The van der Waals surface area contributed by atoms with Crippen LogP contribution in [0.5, 0.6) is 0 Å². The highest BCUT2D eigenvalue weighted by Gasteiger charge is 2.36. The van der Waals surface area contributed by atoms with Crippen molar-refractivity contribution in [2.75, 3.05) is 13.2 Å². The largest absolute Gasteiger partial charge is 0.465 e. The normalized spacial score (nSPS) is 13.2. The molecule has 6 heteroatoms. The van der Waals surface area contributed by atoms with Crippen LogP contribution in [0.4, 0.5) is 0 Å². The van der Waals surface area contributed by atoms with E-state index in [1.54, 1.807) is 31.2 Å². The molecule has 0 bridgehead atoms. The number of hydrogen-bond donors (Lipinski definition) is 0. The second-order valence-electron chi connectivity index (χ2n) is 4.34. The summed E-state index contributed by atoms with van der Waals surface area (Å²) in [5, 5.41) is 0. The average Bonchev–Trinajstić information content (AvgIpc) is 2.45. The molecule has 0 radical (unpaired) electrons. The van der Waals surface area contributed by atoms with Crippen molar-refractivity contribution >= 4 is 34.2 Å². The molecule has 1 aromatic carbocycles. The Morgan fingerprint density at radius 1 is 1.25 bits per heavy atom. The van der Waals surface area contributed by atoms with Crippen LogP contribution in [0.15, 0.2) is 28.7 Å². The highest BCUT2D eigenvalue weighted by Crippen LogP contribution is 2.18. The summed E-state index contributed by atoms with van der Waals surface area (Å²) in [5.41, 5.74) is -1.15. The first-order valence-electron chi connectivity index (χ1n) is 5.99. The molecule has 1 aromatic rings. The number of benzene rings is 1. The van der Waals surface area contributed by atoms with Crippen molar-refractivity contribution in [3.05, 3.63) is 34.3 Å². The summed E-state index contributed by atoms with van der Waals surface area (Å²) in [6.45, 7) is 2.80. The Morgan fingerprint density at radius 2 is 1.85 bits per heavy atom. The molecular formula is C14H15BrO5. The lowest BCUT2D eigenvalue weighted by Crippen LogP contribution is -2.37. The summed E-state index contributed by atoms with van der Waals surface area (Å²) in [6.07, 6.45) is 0.430. The number of rotatable bonds is 6. The predicted octanol–water partition coefficient (Wildman–Crippen LogP) is 2.37. The van der Waals surface area contributed by atoms with Crippen LogP contribution in [0, 0.1) is 5.41 Å². The van der Waals surface area contributed by atoms with Crippen LogP contribution in [-0.2, 0) is 19.1 Å². The van der Waals surface area contributed by atoms with Gasteiger partial charge in [0.05, 0.1) is 12.2 Å². The molecule has 0 heterocycles. The van der Waals surface area contributed by atoms with E-state index >= 15 is 0 Å². The summed E-state index contributed by atoms with van der Waals surface area (Å²) in [7, 11) is 0. The lowest BCUT2D eigenvalue weighted by atomic mass is 9.94. The molecule has 0 aliphatic rings. The molecule has 0 N–H and O–H groups in total. The van der Waals surface area contributed by atoms with Crippen molar-refractivity contribution < 1.29 is 23.9 Å². The van der Waals surface area contributed by atoms with Gasteiger partial charge in [0.1, 0.15) is 12.9 Å². The van der Waals surface area contributed by atoms with Gasteiger partial charge in [0, 0.05) is 4.47 Å². The van der Waals surface area contributed by atoms with Crippen LogP contribution < -0.4 is 0 Å². The van der Waals surface area contributed by atoms with E-state index in [0.29, 0.717) is 11.8 Å². The van der Waals surface area contributed by atoms with Crippen LogP contribution in [-0.4, -0.2) is 31.4 Å². The van der Waals surface area contributed by atoms with Crippen LogP contribution in [0.2, 0.25) is 0 Å². The molecule has 1 rings (SSSR count). The number of aldehydes is 1. The Morgan fingerprint density at radius 3 is 2.35 bits per heavy atom. The molecule has 108 valence electrons. The SMILES string of the molecule is CCOC(=O)[C@](C)(C=O)COC(=O)c1ccc(Br)cc1. The minimum absolute atomic E-state index is 0.156. The number of esters is 2. The molecule has 0 unspecified atom stereocenters. The van der Waals surface area contributed by atoms with Crippen LogP contribution in [0.1, 0.15) is 24.2 Å². The average molecular weight is 343 g/mol. The zero-order valence-electron chi connectivity index (χ0n) is 11.2. The van der Waals surface area contributed by atoms with Crippen molar-refractivity contribution in [2.45, 2.75) is 13.8 Å². The van der Waals surface area contributed by atoms with Crippen LogP contribution in [0.25, 0.3) is 0 Å². The standard InChI is InChI=1S/C14H15BrO5/c1-3-19-13(18)14(2,8-16)9-20-12(17)10-4-6-11(15)7-5-10/h4-8H,3,9H2,1-2H3/t14-/m1/s1. The Hall–Kier alpha value is -1.69. The monoisotopic (exact) mass is 342 g/mol. The number of halogens is 1. The Bertz CT molecular complexity index is 497. The summed E-state index contributed by atoms with van der Waals surface area (Å²) in [4.78, 5) is 34.5. The van der Waals surface area contributed by atoms with Crippen LogP contribution >= 0.6 is 15.9 Å². The van der Waals surface area contributed by atoms with E-state index in [1.807, 2.05) is 0 Å². The fourth-order valence-electron chi connectivity index (χ4n) is 1.32. The first-order valence-corrected chi connectivity index (χ1v) is 6.78. The molecule has 0 saturated heterocycles. The summed E-state index contributed by atoms with van der Waals surface area (Å²) < 4.78 is 10.6. The third kappa shape index (κ3) is 4.16. The topological polar surface area (TPSA) is 69.7 Å². The van der Waals surface area contributed by atoms with Gasteiger partial charge >= 0.3 is 11.9 Å². The fourth-order valence-corrected chi connectivity index (χ4v) is 1.59. The second kappa shape index (κ2) is 7.19. The van der Waals surface area contributed by atoms with Crippen molar-refractivity contribution in [1.29, 1.82) is 0 Å². The Kier molecular flexibility index (Phi) is 5.88. The maximum Gasteiger partial charge on any atom is 0.338 e. The second-order valence-corrected chi connectivity index (χ2v) is 5.25. The fraction of sp³-hybridized carbons (Fsp3) is 0.357. The lowest BCUT2D eigenvalue weighted by Gasteiger charge is -2.20. The minimum atomic E-state index is -1.49. The Labute approximate surface area is 125 Å². The quantitative estimate of drug-likeness (QED) is 0.451. The maximum atomic E-state index is 11.8. The first-order chi connectivity index (χ1) is 9.42. The molecule has 0 aliphatic carbocycles. The molecular weight excluding hydrogens is 328 g/mol. The predicted molar refractivity (Wildman–Crippen MR) is 75.2 cm³/mol. The molecule has 0 aliphatic heterocycles. The van der Waals surface area contributed by atoms with Crippen LogP contribution in [0.3, 0.4) is 0 Å². The van der Waals surface area contributed by atoms with Gasteiger partial charge in [0.15, 0.2) is 5.41 Å². The van der Waals surface area contributed by atoms with Crippen molar-refractivity contribution in [2.24, 2.45) is 5.41 Å². The highest BCUT2D eigenvalue weighted by atomic mass is 79.9. The van der Waals surface area contributed by atoms with Gasteiger partial charge in [-0.3, -0.25) is 4.79 Å². The third-order valence-corrected chi connectivity index (χ3v) is 3.11. The van der Waals surface area contributed by atoms with Crippen molar-refractivity contribution in [3.63, 3.8) is 0 Å². The van der Waals surface area contributed by atoms with Gasteiger partial charge in [-0.1, -0.05) is 15.9 Å². The number of carbonyl (C=O) groups is 3. The summed E-state index contributed by atoms with van der Waals surface area (Å²) in [6, 6.07) is 6.55. The smallest absolute Gasteiger partial charge is 0.338 e. The number of carbonyl (C=O) groups excluding carboxylic acids is 3. The van der Waals surface area contributed by atoms with Gasteiger partial charge in [-0.2, -0.15) is 0 Å². The van der Waals surface area contributed by atoms with E-state index in [0.717, 1.165) is 4.47 Å².